The summed E-state index contributed by atoms with van der Waals surface area (Å²) < 4.78 is 0. The van der Waals surface area contributed by atoms with Crippen LogP contribution in [0, 0.1) is 17.3 Å². The van der Waals surface area contributed by atoms with E-state index in [0.717, 1.165) is 24.7 Å². The van der Waals surface area contributed by atoms with Gasteiger partial charge in [-0.25, -0.2) is 0 Å². The van der Waals surface area contributed by atoms with Crippen LogP contribution in [0.25, 0.3) is 0 Å². The smallest absolute Gasteiger partial charge is 0.132 e. The number of hydrogen-bond acceptors (Lipinski definition) is 1. The summed E-state index contributed by atoms with van der Waals surface area (Å²) in [6.07, 6.45) is 16.8. The summed E-state index contributed by atoms with van der Waals surface area (Å²) in [5.41, 5.74) is 0.528. The summed E-state index contributed by atoms with van der Waals surface area (Å²) in [4.78, 5) is 11.8. The second-order valence-corrected chi connectivity index (χ2v) is 7.38. The van der Waals surface area contributed by atoms with Crippen molar-refractivity contribution in [1.82, 2.24) is 0 Å². The summed E-state index contributed by atoms with van der Waals surface area (Å²) in [6.45, 7) is 4.68. The van der Waals surface area contributed by atoms with Crippen LogP contribution in [0.1, 0.15) is 97.3 Å². The molecule has 0 radical (unpaired) electrons. The van der Waals surface area contributed by atoms with Crippen molar-refractivity contribution >= 4 is 5.78 Å². The molecule has 1 heteroatoms. The molecular formula is C19H34O. The monoisotopic (exact) mass is 278 g/mol. The van der Waals surface area contributed by atoms with Crippen molar-refractivity contribution in [2.45, 2.75) is 97.3 Å². The predicted molar refractivity (Wildman–Crippen MR) is 85.8 cm³/mol. The summed E-state index contributed by atoms with van der Waals surface area (Å²) in [5.74, 6) is 2.34. The number of hydrogen-bond donors (Lipinski definition) is 0. The molecule has 0 unspecified atom stereocenters. The molecule has 0 N–H and O–H groups in total. The average molecular weight is 278 g/mol. The minimum Gasteiger partial charge on any atom is -0.300 e. The number of Topliss-reactive ketones (excluding diaryl/α,β-unsaturated/α-hetero) is 1. The molecule has 0 spiro atoms. The normalized spacial score (nSPS) is 24.2. The van der Waals surface area contributed by atoms with E-state index in [1.165, 1.54) is 70.6 Å². The molecule has 2 rings (SSSR count). The molecular weight excluding hydrogens is 244 g/mol. The van der Waals surface area contributed by atoms with Gasteiger partial charge in [0.1, 0.15) is 5.78 Å². The van der Waals surface area contributed by atoms with Crippen LogP contribution in [0.2, 0.25) is 0 Å². The first kappa shape index (κ1) is 16.0. The Labute approximate surface area is 125 Å². The third-order valence-corrected chi connectivity index (χ3v) is 6.24. The van der Waals surface area contributed by atoms with Gasteiger partial charge in [0.2, 0.25) is 0 Å². The van der Waals surface area contributed by atoms with Crippen LogP contribution < -0.4 is 0 Å². The second kappa shape index (κ2) is 7.61. The van der Waals surface area contributed by atoms with E-state index in [4.69, 9.17) is 0 Å². The SMILES string of the molecule is CCCC(CCC)C1(C2CCCCC2)CCC(=O)CC1. The molecule has 0 atom stereocenters. The first-order valence-electron chi connectivity index (χ1n) is 9.24. The van der Waals surface area contributed by atoms with Gasteiger partial charge in [0.15, 0.2) is 0 Å². The summed E-state index contributed by atoms with van der Waals surface area (Å²) in [5, 5.41) is 0. The highest BCUT2D eigenvalue weighted by Crippen LogP contribution is 2.54. The lowest BCUT2D eigenvalue weighted by Gasteiger charge is -2.50. The van der Waals surface area contributed by atoms with Crippen LogP contribution in [0.5, 0.6) is 0 Å². The van der Waals surface area contributed by atoms with E-state index in [1.807, 2.05) is 0 Å². The number of rotatable bonds is 6. The maximum Gasteiger partial charge on any atom is 0.132 e. The third-order valence-electron chi connectivity index (χ3n) is 6.24. The quantitative estimate of drug-likeness (QED) is 0.590. The lowest BCUT2D eigenvalue weighted by molar-refractivity contribution is -0.125. The number of carbonyl (C=O) groups excluding carboxylic acids is 1. The molecule has 2 aliphatic carbocycles. The molecule has 0 aromatic heterocycles. The van der Waals surface area contributed by atoms with Gasteiger partial charge in [-0.1, -0.05) is 58.8 Å². The Morgan fingerprint density at radius 2 is 1.55 bits per heavy atom. The maximum absolute atomic E-state index is 11.8. The van der Waals surface area contributed by atoms with Crippen molar-refractivity contribution in [3.63, 3.8) is 0 Å². The zero-order valence-electron chi connectivity index (χ0n) is 13.8. The Kier molecular flexibility index (Phi) is 6.11. The Balaban J connectivity index is 2.18. The standard InChI is InChI=1S/C19H34O/c1-3-8-16(9-4-2)19(14-12-18(20)13-15-19)17-10-6-5-7-11-17/h16-17H,3-15H2,1-2H3. The van der Waals surface area contributed by atoms with Crippen LogP contribution in [0.15, 0.2) is 0 Å². The molecule has 0 saturated heterocycles. The van der Waals surface area contributed by atoms with Gasteiger partial charge in [-0.3, -0.25) is 4.79 Å². The minimum atomic E-state index is 0.528. The molecule has 2 fully saturated rings. The van der Waals surface area contributed by atoms with Crippen molar-refractivity contribution in [1.29, 1.82) is 0 Å². The zero-order chi connectivity index (χ0) is 14.4. The van der Waals surface area contributed by atoms with Gasteiger partial charge in [0.25, 0.3) is 0 Å². The van der Waals surface area contributed by atoms with E-state index in [0.29, 0.717) is 11.2 Å². The number of ketones is 1. The molecule has 20 heavy (non-hydrogen) atoms. The van der Waals surface area contributed by atoms with Crippen molar-refractivity contribution in [3.8, 4) is 0 Å². The lowest BCUT2D eigenvalue weighted by atomic mass is 9.54. The van der Waals surface area contributed by atoms with Gasteiger partial charge in [-0.05, 0) is 42.9 Å². The molecule has 0 aliphatic heterocycles. The topological polar surface area (TPSA) is 17.1 Å². The molecule has 116 valence electrons. The molecule has 1 nitrogen and oxygen atoms in total. The van der Waals surface area contributed by atoms with E-state index in [1.54, 1.807) is 0 Å². The van der Waals surface area contributed by atoms with E-state index >= 15 is 0 Å². The first-order chi connectivity index (χ1) is 9.73. The fraction of sp³-hybridized carbons (Fsp3) is 0.947. The molecule has 0 bridgehead atoms. The van der Waals surface area contributed by atoms with Crippen LogP contribution in [-0.4, -0.2) is 5.78 Å². The molecule has 0 aromatic carbocycles. The summed E-state index contributed by atoms with van der Waals surface area (Å²) in [7, 11) is 0. The van der Waals surface area contributed by atoms with Gasteiger partial charge in [0, 0.05) is 12.8 Å². The minimum absolute atomic E-state index is 0.528. The average Bonchev–Trinajstić information content (AvgIpc) is 2.49. The predicted octanol–water partition coefficient (Wildman–Crippen LogP) is 5.91. The lowest BCUT2D eigenvalue weighted by Crippen LogP contribution is -2.42. The van der Waals surface area contributed by atoms with Crippen LogP contribution in [0.3, 0.4) is 0 Å². The van der Waals surface area contributed by atoms with Gasteiger partial charge in [-0.2, -0.15) is 0 Å². The molecule has 0 amide bonds. The highest BCUT2D eigenvalue weighted by Gasteiger charge is 2.46. The second-order valence-electron chi connectivity index (χ2n) is 7.38. The number of carbonyl (C=O) groups is 1. The van der Waals surface area contributed by atoms with Gasteiger partial charge >= 0.3 is 0 Å². The molecule has 2 saturated carbocycles. The van der Waals surface area contributed by atoms with Crippen molar-refractivity contribution < 1.29 is 4.79 Å². The van der Waals surface area contributed by atoms with Gasteiger partial charge < -0.3 is 0 Å². The third kappa shape index (κ3) is 3.46. The Morgan fingerprint density at radius 1 is 1.00 bits per heavy atom. The van der Waals surface area contributed by atoms with E-state index in [9.17, 15) is 4.79 Å². The Bertz CT molecular complexity index is 285. The van der Waals surface area contributed by atoms with E-state index in [2.05, 4.69) is 13.8 Å². The largest absolute Gasteiger partial charge is 0.300 e. The fourth-order valence-electron chi connectivity index (χ4n) is 5.24. The fourth-order valence-corrected chi connectivity index (χ4v) is 5.24. The van der Waals surface area contributed by atoms with Gasteiger partial charge in [-0.15, -0.1) is 0 Å². The van der Waals surface area contributed by atoms with Crippen molar-refractivity contribution in [2.75, 3.05) is 0 Å². The highest BCUT2D eigenvalue weighted by molar-refractivity contribution is 5.79. The molecule has 0 heterocycles. The van der Waals surface area contributed by atoms with Crippen molar-refractivity contribution in [3.05, 3.63) is 0 Å². The maximum atomic E-state index is 11.8. The van der Waals surface area contributed by atoms with Gasteiger partial charge in [0.05, 0.1) is 0 Å². The Hall–Kier alpha value is -0.330. The summed E-state index contributed by atoms with van der Waals surface area (Å²) in [6, 6.07) is 0. The van der Waals surface area contributed by atoms with E-state index < -0.39 is 0 Å². The van der Waals surface area contributed by atoms with Crippen LogP contribution in [0.4, 0.5) is 0 Å². The van der Waals surface area contributed by atoms with E-state index in [-0.39, 0.29) is 0 Å². The molecule has 0 aromatic rings. The Morgan fingerprint density at radius 3 is 2.05 bits per heavy atom. The molecule has 2 aliphatic rings. The van der Waals surface area contributed by atoms with Crippen LogP contribution in [-0.2, 0) is 4.79 Å². The zero-order valence-corrected chi connectivity index (χ0v) is 13.8. The summed E-state index contributed by atoms with van der Waals surface area (Å²) >= 11 is 0. The van der Waals surface area contributed by atoms with Crippen molar-refractivity contribution in [2.24, 2.45) is 17.3 Å². The highest BCUT2D eigenvalue weighted by atomic mass is 16.1. The van der Waals surface area contributed by atoms with Crippen LogP contribution >= 0.6 is 0 Å². The first-order valence-corrected chi connectivity index (χ1v) is 9.24.